The fourth-order valence-electron chi connectivity index (χ4n) is 1.27. The average molecular weight is 208 g/mol. The molecule has 0 bridgehead atoms. The van der Waals surface area contributed by atoms with Crippen molar-refractivity contribution >= 4 is 11.8 Å². The van der Waals surface area contributed by atoms with E-state index in [2.05, 4.69) is 0 Å². The number of amides is 2. The van der Waals surface area contributed by atoms with Gasteiger partial charge in [0.05, 0.1) is 0 Å². The first-order chi connectivity index (χ1) is 6.93. The Morgan fingerprint density at radius 1 is 1.27 bits per heavy atom. The van der Waals surface area contributed by atoms with Crippen LogP contribution in [0.5, 0.6) is 5.75 Å². The van der Waals surface area contributed by atoms with Gasteiger partial charge in [0.25, 0.3) is 0 Å². The third-order valence-electron chi connectivity index (χ3n) is 2.14. The monoisotopic (exact) mass is 208 g/mol. The maximum atomic E-state index is 11.0. The standard InChI is InChI=1S/C10H12N2O3/c1-5-2-3-6(4-7(5)13)8(9(11)14)10(12)15/h2-4,8,13H,1H3,(H2,11,14)(H2,12,15). The Bertz CT molecular complexity index is 401. The Morgan fingerprint density at radius 3 is 2.20 bits per heavy atom. The van der Waals surface area contributed by atoms with E-state index in [1.54, 1.807) is 13.0 Å². The summed E-state index contributed by atoms with van der Waals surface area (Å²) in [7, 11) is 0. The summed E-state index contributed by atoms with van der Waals surface area (Å²) in [5.41, 5.74) is 11.0. The second-order valence-electron chi connectivity index (χ2n) is 3.28. The topological polar surface area (TPSA) is 106 Å². The highest BCUT2D eigenvalue weighted by Gasteiger charge is 2.24. The molecule has 5 nitrogen and oxygen atoms in total. The molecule has 80 valence electrons. The number of phenols is 1. The number of aryl methyl sites for hydroxylation is 1. The fraction of sp³-hybridized carbons (Fsp3) is 0.200. The Hall–Kier alpha value is -2.04. The van der Waals surface area contributed by atoms with Crippen LogP contribution in [0.1, 0.15) is 17.0 Å². The molecule has 0 fully saturated rings. The molecule has 15 heavy (non-hydrogen) atoms. The van der Waals surface area contributed by atoms with Gasteiger partial charge in [0.15, 0.2) is 0 Å². The Kier molecular flexibility index (Phi) is 2.94. The lowest BCUT2D eigenvalue weighted by atomic mass is 9.96. The Morgan fingerprint density at radius 2 is 1.80 bits per heavy atom. The summed E-state index contributed by atoms with van der Waals surface area (Å²) in [6, 6.07) is 4.44. The molecular weight excluding hydrogens is 196 g/mol. The van der Waals surface area contributed by atoms with Crippen molar-refractivity contribution < 1.29 is 14.7 Å². The number of nitrogens with two attached hydrogens (primary N) is 2. The SMILES string of the molecule is Cc1ccc(C(C(N)=O)C(N)=O)cc1O. The molecule has 0 aliphatic heterocycles. The zero-order chi connectivity index (χ0) is 11.6. The molecule has 1 aromatic rings. The summed E-state index contributed by atoms with van der Waals surface area (Å²) < 4.78 is 0. The molecule has 0 atom stereocenters. The van der Waals surface area contributed by atoms with Gasteiger partial charge in [-0.3, -0.25) is 9.59 Å². The summed E-state index contributed by atoms with van der Waals surface area (Å²) >= 11 is 0. The number of primary amides is 2. The minimum absolute atomic E-state index is 0.000000000000000222. The van der Waals surface area contributed by atoms with E-state index in [9.17, 15) is 14.7 Å². The molecule has 0 heterocycles. The number of aromatic hydroxyl groups is 1. The highest BCUT2D eigenvalue weighted by molar-refractivity contribution is 6.04. The number of carbonyl (C=O) groups excluding carboxylic acids is 2. The van der Waals surface area contributed by atoms with E-state index in [-0.39, 0.29) is 5.75 Å². The van der Waals surface area contributed by atoms with Crippen LogP contribution in [-0.2, 0) is 9.59 Å². The summed E-state index contributed by atoms with van der Waals surface area (Å²) in [4.78, 5) is 22.0. The van der Waals surface area contributed by atoms with E-state index in [4.69, 9.17) is 11.5 Å². The second kappa shape index (κ2) is 4.00. The van der Waals surface area contributed by atoms with Crippen LogP contribution in [0.25, 0.3) is 0 Å². The lowest BCUT2D eigenvalue weighted by molar-refractivity contribution is -0.128. The quantitative estimate of drug-likeness (QED) is 0.596. The summed E-state index contributed by atoms with van der Waals surface area (Å²) in [5.74, 6) is -2.85. The first-order valence-corrected chi connectivity index (χ1v) is 4.31. The van der Waals surface area contributed by atoms with Gasteiger partial charge >= 0.3 is 0 Å². The molecule has 0 unspecified atom stereocenters. The van der Waals surface area contributed by atoms with E-state index in [0.29, 0.717) is 11.1 Å². The summed E-state index contributed by atoms with van der Waals surface area (Å²) in [6.07, 6.45) is 0. The molecule has 0 saturated heterocycles. The van der Waals surface area contributed by atoms with E-state index < -0.39 is 17.7 Å². The van der Waals surface area contributed by atoms with Crippen molar-refractivity contribution in [2.24, 2.45) is 11.5 Å². The van der Waals surface area contributed by atoms with E-state index in [1.807, 2.05) is 0 Å². The van der Waals surface area contributed by atoms with Gasteiger partial charge in [0, 0.05) is 0 Å². The molecule has 0 aliphatic carbocycles. The van der Waals surface area contributed by atoms with Crippen molar-refractivity contribution in [2.45, 2.75) is 12.8 Å². The van der Waals surface area contributed by atoms with E-state index in [1.165, 1.54) is 12.1 Å². The first-order valence-electron chi connectivity index (χ1n) is 4.31. The number of benzene rings is 1. The highest BCUT2D eigenvalue weighted by atomic mass is 16.3. The predicted octanol–water partition coefficient (Wildman–Crippen LogP) is -0.245. The third-order valence-corrected chi connectivity index (χ3v) is 2.14. The van der Waals surface area contributed by atoms with Crippen LogP contribution in [0.2, 0.25) is 0 Å². The molecular formula is C10H12N2O3. The van der Waals surface area contributed by atoms with Crippen molar-refractivity contribution in [1.82, 2.24) is 0 Å². The van der Waals surface area contributed by atoms with Crippen LogP contribution in [0.15, 0.2) is 18.2 Å². The van der Waals surface area contributed by atoms with Crippen molar-refractivity contribution in [3.63, 3.8) is 0 Å². The number of phenolic OH excluding ortho intramolecular Hbond substituents is 1. The maximum absolute atomic E-state index is 11.0. The highest BCUT2D eigenvalue weighted by Crippen LogP contribution is 2.23. The average Bonchev–Trinajstić information content (AvgIpc) is 2.10. The zero-order valence-electron chi connectivity index (χ0n) is 8.23. The van der Waals surface area contributed by atoms with Gasteiger partial charge < -0.3 is 16.6 Å². The minimum Gasteiger partial charge on any atom is -0.508 e. The molecule has 0 aliphatic rings. The van der Waals surface area contributed by atoms with Crippen molar-refractivity contribution in [2.75, 3.05) is 0 Å². The molecule has 0 aromatic heterocycles. The van der Waals surface area contributed by atoms with Gasteiger partial charge in [0.1, 0.15) is 11.7 Å². The maximum Gasteiger partial charge on any atom is 0.234 e. The van der Waals surface area contributed by atoms with Crippen molar-refractivity contribution in [3.05, 3.63) is 29.3 Å². The van der Waals surface area contributed by atoms with E-state index >= 15 is 0 Å². The Balaban J connectivity index is 3.18. The van der Waals surface area contributed by atoms with Crippen molar-refractivity contribution in [1.29, 1.82) is 0 Å². The number of carbonyl (C=O) groups is 2. The van der Waals surface area contributed by atoms with Gasteiger partial charge in [-0.25, -0.2) is 0 Å². The summed E-state index contributed by atoms with van der Waals surface area (Å²) in [6.45, 7) is 1.70. The van der Waals surface area contributed by atoms with Crippen molar-refractivity contribution in [3.8, 4) is 5.75 Å². The van der Waals surface area contributed by atoms with Gasteiger partial charge in [0.2, 0.25) is 11.8 Å². The lowest BCUT2D eigenvalue weighted by Crippen LogP contribution is -2.32. The normalized spacial score (nSPS) is 10.3. The summed E-state index contributed by atoms with van der Waals surface area (Å²) in [5, 5.41) is 9.41. The number of hydrogen-bond donors (Lipinski definition) is 3. The number of rotatable bonds is 3. The van der Waals surface area contributed by atoms with Crippen LogP contribution in [0.4, 0.5) is 0 Å². The van der Waals surface area contributed by atoms with Gasteiger partial charge in [-0.1, -0.05) is 12.1 Å². The van der Waals surface area contributed by atoms with E-state index in [0.717, 1.165) is 0 Å². The third kappa shape index (κ3) is 2.25. The largest absolute Gasteiger partial charge is 0.508 e. The van der Waals surface area contributed by atoms with Crippen LogP contribution >= 0.6 is 0 Å². The minimum atomic E-state index is -1.20. The molecule has 1 rings (SSSR count). The zero-order valence-corrected chi connectivity index (χ0v) is 8.23. The second-order valence-corrected chi connectivity index (χ2v) is 3.28. The van der Waals surface area contributed by atoms with Crippen LogP contribution in [-0.4, -0.2) is 16.9 Å². The molecule has 1 aromatic carbocycles. The molecule has 2 amide bonds. The van der Waals surface area contributed by atoms with Crippen LogP contribution in [0.3, 0.4) is 0 Å². The molecule has 5 heteroatoms. The van der Waals surface area contributed by atoms with Gasteiger partial charge in [-0.05, 0) is 24.1 Å². The van der Waals surface area contributed by atoms with Crippen LogP contribution < -0.4 is 11.5 Å². The Labute approximate surface area is 86.7 Å². The molecule has 0 radical (unpaired) electrons. The lowest BCUT2D eigenvalue weighted by Gasteiger charge is -2.10. The fourth-order valence-corrected chi connectivity index (χ4v) is 1.27. The molecule has 0 spiro atoms. The van der Waals surface area contributed by atoms with Gasteiger partial charge in [-0.15, -0.1) is 0 Å². The number of hydrogen-bond acceptors (Lipinski definition) is 3. The van der Waals surface area contributed by atoms with Crippen LogP contribution in [0, 0.1) is 6.92 Å². The predicted molar refractivity (Wildman–Crippen MR) is 54.0 cm³/mol. The first kappa shape index (κ1) is 11.0. The molecule has 0 saturated carbocycles. The smallest absolute Gasteiger partial charge is 0.234 e. The van der Waals surface area contributed by atoms with Gasteiger partial charge in [-0.2, -0.15) is 0 Å². The molecule has 5 N–H and O–H groups in total.